The summed E-state index contributed by atoms with van der Waals surface area (Å²) in [5.74, 6) is -0.653. The Morgan fingerprint density at radius 2 is 1.88 bits per heavy atom. The number of hydrogen-bond donors (Lipinski definition) is 1. The Morgan fingerprint density at radius 3 is 2.69 bits per heavy atom. The average Bonchev–Trinajstić information content (AvgIpc) is 2.82. The molecule has 2 aromatic carbocycles. The second-order valence-corrected chi connectivity index (χ2v) is 8.04. The lowest BCUT2D eigenvalue weighted by Crippen LogP contribution is -2.33. The van der Waals surface area contributed by atoms with Gasteiger partial charge in [-0.05, 0) is 31.2 Å². The summed E-state index contributed by atoms with van der Waals surface area (Å²) in [5.41, 5.74) is 4.21. The number of benzene rings is 2. The lowest BCUT2D eigenvalue weighted by atomic mass is 9.95. The van der Waals surface area contributed by atoms with E-state index in [4.69, 9.17) is 9.72 Å². The van der Waals surface area contributed by atoms with Gasteiger partial charge in [-0.25, -0.2) is 4.79 Å². The molecule has 1 aliphatic rings. The third-order valence-corrected chi connectivity index (χ3v) is 5.93. The van der Waals surface area contributed by atoms with Crippen LogP contribution in [-0.4, -0.2) is 41.5 Å². The molecule has 2 heterocycles. The highest BCUT2D eigenvalue weighted by molar-refractivity contribution is 6.15. The van der Waals surface area contributed by atoms with E-state index < -0.39 is 5.97 Å². The minimum absolute atomic E-state index is 0.230. The van der Waals surface area contributed by atoms with Crippen LogP contribution in [0.3, 0.4) is 0 Å². The SMILES string of the molecule is CCCCOC(=O)c1ccccc1NC(=O)c1c2c(nc3ccccc13)CCN(CC)C2. The zero-order valence-electron chi connectivity index (χ0n) is 18.7. The molecule has 6 nitrogen and oxygen atoms in total. The van der Waals surface area contributed by atoms with Gasteiger partial charge in [0.15, 0.2) is 0 Å². The molecule has 0 saturated carbocycles. The first-order valence-electron chi connectivity index (χ1n) is 11.3. The molecule has 0 fully saturated rings. The Balaban J connectivity index is 1.71. The van der Waals surface area contributed by atoms with E-state index in [1.807, 2.05) is 31.2 Å². The number of para-hydroxylation sites is 2. The molecule has 4 rings (SSSR count). The van der Waals surface area contributed by atoms with Crippen LogP contribution in [0.4, 0.5) is 5.69 Å². The topological polar surface area (TPSA) is 71.5 Å². The zero-order valence-corrected chi connectivity index (χ0v) is 18.7. The van der Waals surface area contributed by atoms with Crippen molar-refractivity contribution in [3.8, 4) is 0 Å². The van der Waals surface area contributed by atoms with Crippen LogP contribution in [0.15, 0.2) is 48.5 Å². The van der Waals surface area contributed by atoms with E-state index in [-0.39, 0.29) is 5.91 Å². The molecule has 1 amide bonds. The third-order valence-electron chi connectivity index (χ3n) is 5.93. The summed E-state index contributed by atoms with van der Waals surface area (Å²) in [6, 6.07) is 14.7. The maximum atomic E-state index is 13.6. The van der Waals surface area contributed by atoms with Crippen molar-refractivity contribution in [1.29, 1.82) is 0 Å². The number of carbonyl (C=O) groups excluding carboxylic acids is 2. The molecule has 1 aromatic heterocycles. The van der Waals surface area contributed by atoms with E-state index in [0.29, 0.717) is 30.0 Å². The number of amides is 1. The summed E-state index contributed by atoms with van der Waals surface area (Å²) in [7, 11) is 0. The van der Waals surface area contributed by atoms with Crippen molar-refractivity contribution in [2.24, 2.45) is 0 Å². The van der Waals surface area contributed by atoms with Gasteiger partial charge < -0.3 is 10.1 Å². The van der Waals surface area contributed by atoms with E-state index in [9.17, 15) is 9.59 Å². The Morgan fingerprint density at radius 1 is 1.09 bits per heavy atom. The van der Waals surface area contributed by atoms with E-state index in [2.05, 4.69) is 17.1 Å². The van der Waals surface area contributed by atoms with Gasteiger partial charge in [0.25, 0.3) is 5.91 Å². The molecule has 0 radical (unpaired) electrons. The summed E-state index contributed by atoms with van der Waals surface area (Å²) in [6.07, 6.45) is 2.57. The van der Waals surface area contributed by atoms with Gasteiger partial charge in [-0.2, -0.15) is 0 Å². The number of aromatic nitrogens is 1. The van der Waals surface area contributed by atoms with Gasteiger partial charge >= 0.3 is 5.97 Å². The highest BCUT2D eigenvalue weighted by Crippen LogP contribution is 2.29. The number of ether oxygens (including phenoxy) is 1. The van der Waals surface area contributed by atoms with Crippen LogP contribution in [0.25, 0.3) is 10.9 Å². The minimum atomic E-state index is -0.423. The monoisotopic (exact) mass is 431 g/mol. The number of pyridine rings is 1. The largest absolute Gasteiger partial charge is 0.462 e. The molecule has 0 atom stereocenters. The molecule has 0 unspecified atom stereocenters. The Kier molecular flexibility index (Phi) is 6.81. The number of likely N-dealkylation sites (N-methyl/N-ethyl adjacent to an activating group) is 1. The molecule has 32 heavy (non-hydrogen) atoms. The number of unbranched alkanes of at least 4 members (excludes halogenated alkanes) is 1. The van der Waals surface area contributed by atoms with Crippen LogP contribution in [0.1, 0.15) is 58.7 Å². The molecule has 1 aliphatic heterocycles. The molecule has 0 spiro atoms. The predicted molar refractivity (Wildman–Crippen MR) is 126 cm³/mol. The van der Waals surface area contributed by atoms with Crippen LogP contribution >= 0.6 is 0 Å². The van der Waals surface area contributed by atoms with E-state index in [0.717, 1.165) is 54.5 Å². The molecule has 6 heteroatoms. The van der Waals surface area contributed by atoms with Crippen molar-refractivity contribution in [2.75, 3.05) is 25.0 Å². The van der Waals surface area contributed by atoms with Gasteiger partial charge in [0, 0.05) is 36.2 Å². The fraction of sp³-hybridized carbons (Fsp3) is 0.346. The van der Waals surface area contributed by atoms with Gasteiger partial charge in [0.1, 0.15) is 0 Å². The van der Waals surface area contributed by atoms with Crippen LogP contribution in [0.2, 0.25) is 0 Å². The van der Waals surface area contributed by atoms with Gasteiger partial charge in [-0.15, -0.1) is 0 Å². The quantitative estimate of drug-likeness (QED) is 0.429. The van der Waals surface area contributed by atoms with Gasteiger partial charge in [-0.3, -0.25) is 14.7 Å². The molecule has 0 saturated heterocycles. The van der Waals surface area contributed by atoms with E-state index in [1.165, 1.54) is 0 Å². The number of fused-ring (bicyclic) bond motifs is 2. The molecule has 0 aliphatic carbocycles. The second-order valence-electron chi connectivity index (χ2n) is 8.04. The van der Waals surface area contributed by atoms with Gasteiger partial charge in [0.05, 0.1) is 28.9 Å². The second kappa shape index (κ2) is 9.92. The summed E-state index contributed by atoms with van der Waals surface area (Å²) < 4.78 is 5.38. The Hall–Kier alpha value is -3.25. The first-order valence-corrected chi connectivity index (χ1v) is 11.3. The van der Waals surface area contributed by atoms with Crippen LogP contribution < -0.4 is 5.32 Å². The molecule has 0 bridgehead atoms. The standard InChI is InChI=1S/C26H29N3O3/c1-3-5-16-32-26(31)19-11-7-9-13-22(19)28-25(30)24-18-10-6-8-12-21(18)27-23-14-15-29(4-2)17-20(23)24/h6-13H,3-5,14-17H2,1-2H3,(H,28,30). The van der Waals surface area contributed by atoms with Crippen molar-refractivity contribution >= 4 is 28.5 Å². The van der Waals surface area contributed by atoms with Crippen molar-refractivity contribution < 1.29 is 14.3 Å². The summed E-state index contributed by atoms with van der Waals surface area (Å²) in [4.78, 5) is 33.4. The minimum Gasteiger partial charge on any atom is -0.462 e. The maximum absolute atomic E-state index is 13.6. The predicted octanol–water partition coefficient (Wildman–Crippen LogP) is 4.82. The number of nitrogens with zero attached hydrogens (tertiary/aromatic N) is 2. The highest BCUT2D eigenvalue weighted by atomic mass is 16.5. The third kappa shape index (κ3) is 4.50. The highest BCUT2D eigenvalue weighted by Gasteiger charge is 2.26. The van der Waals surface area contributed by atoms with Crippen molar-refractivity contribution in [3.63, 3.8) is 0 Å². The van der Waals surface area contributed by atoms with E-state index >= 15 is 0 Å². The number of nitrogens with one attached hydrogen (secondary N) is 1. The number of rotatable bonds is 7. The molecule has 166 valence electrons. The zero-order chi connectivity index (χ0) is 22.5. The lowest BCUT2D eigenvalue weighted by molar-refractivity contribution is 0.0501. The Labute approximate surface area is 188 Å². The molecular weight excluding hydrogens is 402 g/mol. The first-order chi connectivity index (χ1) is 15.6. The van der Waals surface area contributed by atoms with Crippen molar-refractivity contribution in [3.05, 3.63) is 70.9 Å². The molecule has 3 aromatic rings. The number of hydrogen-bond acceptors (Lipinski definition) is 5. The van der Waals surface area contributed by atoms with Crippen molar-refractivity contribution in [1.82, 2.24) is 9.88 Å². The normalized spacial score (nSPS) is 13.6. The van der Waals surface area contributed by atoms with E-state index in [1.54, 1.807) is 24.3 Å². The average molecular weight is 432 g/mol. The number of anilines is 1. The van der Waals surface area contributed by atoms with Gasteiger partial charge in [0.2, 0.25) is 0 Å². The first kappa shape index (κ1) is 22.0. The fourth-order valence-electron chi connectivity index (χ4n) is 4.12. The van der Waals surface area contributed by atoms with Gasteiger partial charge in [-0.1, -0.05) is 50.6 Å². The molecular formula is C26H29N3O3. The number of esters is 1. The Bertz CT molecular complexity index is 1140. The van der Waals surface area contributed by atoms with Crippen LogP contribution in [0.5, 0.6) is 0 Å². The summed E-state index contributed by atoms with van der Waals surface area (Å²) >= 11 is 0. The van der Waals surface area contributed by atoms with Crippen molar-refractivity contribution in [2.45, 2.75) is 39.7 Å². The summed E-state index contributed by atoms with van der Waals surface area (Å²) in [6.45, 7) is 7.07. The lowest BCUT2D eigenvalue weighted by Gasteiger charge is -2.29. The number of carbonyl (C=O) groups is 2. The van der Waals surface area contributed by atoms with Crippen LogP contribution in [0, 0.1) is 0 Å². The summed E-state index contributed by atoms with van der Waals surface area (Å²) in [5, 5.41) is 3.81. The smallest absolute Gasteiger partial charge is 0.340 e. The fourth-order valence-corrected chi connectivity index (χ4v) is 4.12. The van der Waals surface area contributed by atoms with Crippen LogP contribution in [-0.2, 0) is 17.7 Å². The molecule has 1 N–H and O–H groups in total. The maximum Gasteiger partial charge on any atom is 0.340 e.